The molecule has 0 atom stereocenters. The Hall–Kier alpha value is -1.47. The van der Waals surface area contributed by atoms with Crippen LogP contribution in [0.3, 0.4) is 0 Å². The molecule has 1 amide bonds. The van der Waals surface area contributed by atoms with Gasteiger partial charge in [-0.15, -0.1) is 0 Å². The van der Waals surface area contributed by atoms with Crippen molar-refractivity contribution in [3.8, 4) is 0 Å². The van der Waals surface area contributed by atoms with Crippen molar-refractivity contribution in [3.05, 3.63) is 11.7 Å². The van der Waals surface area contributed by atoms with Crippen LogP contribution >= 0.6 is 0 Å². The van der Waals surface area contributed by atoms with Gasteiger partial charge in [-0.05, 0) is 6.92 Å². The van der Waals surface area contributed by atoms with Crippen molar-refractivity contribution in [3.63, 3.8) is 0 Å². The summed E-state index contributed by atoms with van der Waals surface area (Å²) in [6.45, 7) is 3.12. The van der Waals surface area contributed by atoms with Crippen molar-refractivity contribution in [1.29, 1.82) is 0 Å². The number of ether oxygens (including phenoxy) is 2. The van der Waals surface area contributed by atoms with E-state index < -0.39 is 0 Å². The Morgan fingerprint density at radius 2 is 2.29 bits per heavy atom. The van der Waals surface area contributed by atoms with Gasteiger partial charge in [-0.2, -0.15) is 4.98 Å². The number of nitrogens with zero attached hydrogens (tertiary/aromatic N) is 2. The van der Waals surface area contributed by atoms with Gasteiger partial charge in [0.1, 0.15) is 6.61 Å². The molecule has 0 saturated carbocycles. The zero-order valence-corrected chi connectivity index (χ0v) is 10.1. The Morgan fingerprint density at radius 1 is 1.47 bits per heavy atom. The number of nitrogens with one attached hydrogen (secondary N) is 1. The van der Waals surface area contributed by atoms with Crippen LogP contribution in [-0.4, -0.2) is 49.5 Å². The molecular weight excluding hydrogens is 226 g/mol. The molecule has 1 N–H and O–H groups in total. The highest BCUT2D eigenvalue weighted by atomic mass is 16.5. The summed E-state index contributed by atoms with van der Waals surface area (Å²) < 4.78 is 14.7. The van der Waals surface area contributed by atoms with Crippen LogP contribution in [-0.2, 0) is 20.7 Å². The standard InChI is InChI=1S/C10H17N3O4/c1-8-12-10(17-13-8)3-4-11-9(14)7-16-6-5-15-2/h3-7H2,1-2H3,(H,11,14). The minimum absolute atomic E-state index is 0.0339. The van der Waals surface area contributed by atoms with Crippen LogP contribution in [0.2, 0.25) is 0 Å². The second-order valence-corrected chi connectivity index (χ2v) is 3.38. The van der Waals surface area contributed by atoms with Crippen LogP contribution in [0.15, 0.2) is 4.52 Å². The highest BCUT2D eigenvalue weighted by Gasteiger charge is 2.04. The van der Waals surface area contributed by atoms with Crippen molar-refractivity contribution in [1.82, 2.24) is 15.5 Å². The number of aryl methyl sites for hydroxylation is 1. The molecule has 7 nitrogen and oxygen atoms in total. The summed E-state index contributed by atoms with van der Waals surface area (Å²) in [6.07, 6.45) is 0.519. The van der Waals surface area contributed by atoms with Crippen LogP contribution in [0.5, 0.6) is 0 Å². The van der Waals surface area contributed by atoms with Gasteiger partial charge in [-0.25, -0.2) is 0 Å². The van der Waals surface area contributed by atoms with Crippen molar-refractivity contribution in [2.75, 3.05) is 33.5 Å². The Bertz CT molecular complexity index is 340. The second kappa shape index (κ2) is 7.75. The van der Waals surface area contributed by atoms with E-state index in [0.29, 0.717) is 37.9 Å². The van der Waals surface area contributed by atoms with Crippen LogP contribution in [0, 0.1) is 6.92 Å². The lowest BCUT2D eigenvalue weighted by Crippen LogP contribution is -2.30. The fraction of sp³-hybridized carbons (Fsp3) is 0.700. The van der Waals surface area contributed by atoms with Crippen LogP contribution in [0.1, 0.15) is 11.7 Å². The van der Waals surface area contributed by atoms with Gasteiger partial charge in [0, 0.05) is 20.1 Å². The van der Waals surface area contributed by atoms with Crippen molar-refractivity contribution in [2.24, 2.45) is 0 Å². The fourth-order valence-electron chi connectivity index (χ4n) is 1.11. The summed E-state index contributed by atoms with van der Waals surface area (Å²) in [6, 6.07) is 0. The molecule has 0 saturated heterocycles. The number of carbonyl (C=O) groups is 1. The number of carbonyl (C=O) groups excluding carboxylic acids is 1. The zero-order chi connectivity index (χ0) is 12.5. The van der Waals surface area contributed by atoms with E-state index in [1.807, 2.05) is 0 Å². The maximum Gasteiger partial charge on any atom is 0.246 e. The summed E-state index contributed by atoms with van der Waals surface area (Å²) in [5.74, 6) is 0.940. The fourth-order valence-corrected chi connectivity index (χ4v) is 1.11. The molecule has 0 unspecified atom stereocenters. The molecule has 0 aliphatic rings. The smallest absolute Gasteiger partial charge is 0.246 e. The minimum atomic E-state index is -0.169. The Balaban J connectivity index is 2.04. The average molecular weight is 243 g/mol. The zero-order valence-electron chi connectivity index (χ0n) is 10.1. The van der Waals surface area contributed by atoms with Gasteiger partial charge in [0.25, 0.3) is 0 Å². The summed E-state index contributed by atoms with van der Waals surface area (Å²) in [4.78, 5) is 15.3. The molecular formula is C10H17N3O4. The quantitative estimate of drug-likeness (QED) is 0.631. The average Bonchev–Trinajstić information content (AvgIpc) is 2.71. The first kappa shape index (κ1) is 13.6. The molecule has 0 radical (unpaired) electrons. The van der Waals surface area contributed by atoms with E-state index in [2.05, 4.69) is 15.5 Å². The third kappa shape index (κ3) is 5.98. The summed E-state index contributed by atoms with van der Waals surface area (Å²) in [5.41, 5.74) is 0. The number of rotatable bonds is 8. The first-order chi connectivity index (χ1) is 8.22. The van der Waals surface area contributed by atoms with Crippen LogP contribution < -0.4 is 5.32 Å². The topological polar surface area (TPSA) is 86.5 Å². The van der Waals surface area contributed by atoms with Gasteiger partial charge in [-0.1, -0.05) is 5.16 Å². The second-order valence-electron chi connectivity index (χ2n) is 3.38. The lowest BCUT2D eigenvalue weighted by molar-refractivity contribution is -0.126. The van der Waals surface area contributed by atoms with Crippen molar-refractivity contribution in [2.45, 2.75) is 13.3 Å². The predicted octanol–water partition coefficient (Wildman–Crippen LogP) is -0.300. The monoisotopic (exact) mass is 243 g/mol. The number of amides is 1. The van der Waals surface area contributed by atoms with Gasteiger partial charge in [0.15, 0.2) is 5.82 Å². The van der Waals surface area contributed by atoms with E-state index in [0.717, 1.165) is 0 Å². The van der Waals surface area contributed by atoms with Gasteiger partial charge >= 0.3 is 0 Å². The molecule has 1 aromatic rings. The lowest BCUT2D eigenvalue weighted by atomic mass is 10.4. The molecule has 0 fully saturated rings. The van der Waals surface area contributed by atoms with E-state index in [1.165, 1.54) is 0 Å². The van der Waals surface area contributed by atoms with E-state index in [1.54, 1.807) is 14.0 Å². The van der Waals surface area contributed by atoms with Gasteiger partial charge in [0.05, 0.1) is 13.2 Å². The lowest BCUT2D eigenvalue weighted by Gasteiger charge is -2.04. The molecule has 0 aliphatic carbocycles. The molecule has 0 bridgehead atoms. The largest absolute Gasteiger partial charge is 0.382 e. The van der Waals surface area contributed by atoms with Gasteiger partial charge < -0.3 is 19.3 Å². The number of hydrogen-bond donors (Lipinski definition) is 1. The third-order valence-electron chi connectivity index (χ3n) is 1.90. The van der Waals surface area contributed by atoms with Crippen LogP contribution in [0.25, 0.3) is 0 Å². The summed E-state index contributed by atoms with van der Waals surface area (Å²) in [7, 11) is 1.58. The summed E-state index contributed by atoms with van der Waals surface area (Å²) in [5, 5.41) is 6.33. The maximum atomic E-state index is 11.3. The van der Waals surface area contributed by atoms with E-state index in [4.69, 9.17) is 14.0 Å². The molecule has 1 rings (SSSR count). The predicted molar refractivity (Wildman–Crippen MR) is 58.4 cm³/mol. The molecule has 17 heavy (non-hydrogen) atoms. The number of hydrogen-bond acceptors (Lipinski definition) is 6. The van der Waals surface area contributed by atoms with Gasteiger partial charge in [-0.3, -0.25) is 4.79 Å². The Morgan fingerprint density at radius 3 is 2.94 bits per heavy atom. The Kier molecular flexibility index (Phi) is 6.19. The summed E-state index contributed by atoms with van der Waals surface area (Å²) >= 11 is 0. The molecule has 0 spiro atoms. The molecule has 0 aliphatic heterocycles. The number of methoxy groups -OCH3 is 1. The van der Waals surface area contributed by atoms with Gasteiger partial charge in [0.2, 0.25) is 11.8 Å². The van der Waals surface area contributed by atoms with E-state index in [-0.39, 0.29) is 12.5 Å². The van der Waals surface area contributed by atoms with Crippen LogP contribution in [0.4, 0.5) is 0 Å². The Labute approximate surface area is 99.5 Å². The SMILES string of the molecule is COCCOCC(=O)NCCc1nc(C)no1. The molecule has 1 heterocycles. The molecule has 96 valence electrons. The number of aromatic nitrogens is 2. The molecule has 7 heteroatoms. The normalized spacial score (nSPS) is 10.5. The first-order valence-electron chi connectivity index (χ1n) is 5.35. The first-order valence-corrected chi connectivity index (χ1v) is 5.35. The maximum absolute atomic E-state index is 11.3. The van der Waals surface area contributed by atoms with Crippen molar-refractivity contribution >= 4 is 5.91 Å². The minimum Gasteiger partial charge on any atom is -0.382 e. The third-order valence-corrected chi connectivity index (χ3v) is 1.90. The van der Waals surface area contributed by atoms with Crippen molar-refractivity contribution < 1.29 is 18.8 Å². The van der Waals surface area contributed by atoms with E-state index >= 15 is 0 Å². The highest BCUT2D eigenvalue weighted by Crippen LogP contribution is 1.95. The highest BCUT2D eigenvalue weighted by molar-refractivity contribution is 5.77. The van der Waals surface area contributed by atoms with E-state index in [9.17, 15) is 4.79 Å². The molecule has 0 aromatic carbocycles. The molecule has 1 aromatic heterocycles.